The summed E-state index contributed by atoms with van der Waals surface area (Å²) >= 11 is 0. The van der Waals surface area contributed by atoms with Crippen LogP contribution in [0.1, 0.15) is 35.0 Å². The van der Waals surface area contributed by atoms with E-state index in [-0.39, 0.29) is 5.78 Å². The molecule has 0 saturated carbocycles. The number of benzene rings is 1. The molecule has 19 heavy (non-hydrogen) atoms. The van der Waals surface area contributed by atoms with Gasteiger partial charge in [-0.1, -0.05) is 0 Å². The van der Waals surface area contributed by atoms with Crippen LogP contribution in [0.2, 0.25) is 0 Å². The molecule has 0 saturated heterocycles. The van der Waals surface area contributed by atoms with Gasteiger partial charge in [-0.05, 0) is 49.6 Å². The number of hydrogen-bond donors (Lipinski definition) is 1. The molecule has 0 unspecified atom stereocenters. The van der Waals surface area contributed by atoms with Crippen LogP contribution in [0.4, 0.5) is 5.69 Å². The summed E-state index contributed by atoms with van der Waals surface area (Å²) < 4.78 is 1.74. The van der Waals surface area contributed by atoms with Crippen LogP contribution in [0.3, 0.4) is 0 Å². The lowest BCUT2D eigenvalue weighted by Crippen LogP contribution is -2.14. The highest BCUT2D eigenvalue weighted by Crippen LogP contribution is 2.24. The van der Waals surface area contributed by atoms with Crippen molar-refractivity contribution in [2.45, 2.75) is 26.3 Å². The molecule has 0 aliphatic carbocycles. The van der Waals surface area contributed by atoms with Gasteiger partial charge in [-0.15, -0.1) is 0 Å². The van der Waals surface area contributed by atoms with E-state index in [0.717, 1.165) is 30.6 Å². The summed E-state index contributed by atoms with van der Waals surface area (Å²) in [5, 5.41) is 7.51. The lowest BCUT2D eigenvalue weighted by Gasteiger charge is -2.18. The van der Waals surface area contributed by atoms with Crippen molar-refractivity contribution in [2.24, 2.45) is 0 Å². The van der Waals surface area contributed by atoms with E-state index in [0.29, 0.717) is 12.2 Å². The van der Waals surface area contributed by atoms with E-state index in [2.05, 4.69) is 10.4 Å². The second-order valence-corrected chi connectivity index (χ2v) is 4.76. The number of aryl methyl sites for hydroxylation is 2. The summed E-state index contributed by atoms with van der Waals surface area (Å²) in [5.74, 6) is 0.0488. The summed E-state index contributed by atoms with van der Waals surface area (Å²) in [6, 6.07) is 7.70. The number of ketones is 1. The van der Waals surface area contributed by atoms with Gasteiger partial charge in [0.1, 0.15) is 5.69 Å². The van der Waals surface area contributed by atoms with Gasteiger partial charge >= 0.3 is 0 Å². The van der Waals surface area contributed by atoms with Crippen molar-refractivity contribution in [2.75, 3.05) is 11.9 Å². The van der Waals surface area contributed by atoms with Crippen LogP contribution >= 0.6 is 0 Å². The first kappa shape index (κ1) is 12.0. The van der Waals surface area contributed by atoms with Crippen LogP contribution in [0.25, 0.3) is 0 Å². The molecule has 1 N–H and O–H groups in total. The molecule has 4 heteroatoms. The molecule has 0 atom stereocenters. The topological polar surface area (TPSA) is 46.9 Å². The van der Waals surface area contributed by atoms with Crippen molar-refractivity contribution in [3.8, 4) is 0 Å². The Hall–Kier alpha value is -2.10. The zero-order valence-corrected chi connectivity index (χ0v) is 11.0. The summed E-state index contributed by atoms with van der Waals surface area (Å²) in [5.41, 5.74) is 3.80. The molecule has 0 bridgehead atoms. The van der Waals surface area contributed by atoms with Gasteiger partial charge in [0.05, 0.1) is 0 Å². The molecule has 1 aromatic carbocycles. The highest BCUT2D eigenvalue weighted by Gasteiger charge is 2.16. The fraction of sp³-hybridized carbons (Fsp3) is 0.333. The Labute approximate surface area is 112 Å². The molecule has 3 rings (SSSR count). The van der Waals surface area contributed by atoms with Crippen molar-refractivity contribution >= 4 is 11.5 Å². The van der Waals surface area contributed by atoms with Gasteiger partial charge in [-0.25, -0.2) is 0 Å². The molecule has 1 aliphatic rings. The lowest BCUT2D eigenvalue weighted by molar-refractivity contribution is 0.102. The first-order chi connectivity index (χ1) is 9.29. The number of hydrogen-bond acceptors (Lipinski definition) is 3. The van der Waals surface area contributed by atoms with Gasteiger partial charge in [0, 0.05) is 30.5 Å². The minimum Gasteiger partial charge on any atom is -0.385 e. The van der Waals surface area contributed by atoms with Crippen LogP contribution in [0.15, 0.2) is 30.5 Å². The predicted molar refractivity (Wildman–Crippen MR) is 74.6 cm³/mol. The van der Waals surface area contributed by atoms with Crippen molar-refractivity contribution in [1.82, 2.24) is 9.78 Å². The molecule has 0 fully saturated rings. The number of carbonyl (C=O) groups excluding carboxylic acids is 1. The second-order valence-electron chi connectivity index (χ2n) is 4.76. The number of nitrogens with one attached hydrogen (secondary N) is 1. The van der Waals surface area contributed by atoms with Gasteiger partial charge in [0.15, 0.2) is 0 Å². The van der Waals surface area contributed by atoms with E-state index >= 15 is 0 Å². The van der Waals surface area contributed by atoms with Gasteiger partial charge in [-0.2, -0.15) is 5.10 Å². The molecule has 1 aliphatic heterocycles. The largest absolute Gasteiger partial charge is 0.385 e. The maximum atomic E-state index is 12.5. The molecule has 0 spiro atoms. The summed E-state index contributed by atoms with van der Waals surface area (Å²) in [6.07, 6.45) is 3.84. The smallest absolute Gasteiger partial charge is 0.211 e. The third kappa shape index (κ3) is 2.14. The Morgan fingerprint density at radius 3 is 3.16 bits per heavy atom. The van der Waals surface area contributed by atoms with Crippen LogP contribution in [0, 0.1) is 0 Å². The van der Waals surface area contributed by atoms with E-state index < -0.39 is 0 Å². The summed E-state index contributed by atoms with van der Waals surface area (Å²) in [6.45, 7) is 3.71. The Balaban J connectivity index is 1.96. The van der Waals surface area contributed by atoms with Gasteiger partial charge in [-0.3, -0.25) is 9.48 Å². The zero-order valence-electron chi connectivity index (χ0n) is 11.0. The third-order valence-corrected chi connectivity index (χ3v) is 3.55. The van der Waals surface area contributed by atoms with E-state index in [4.69, 9.17) is 0 Å². The fourth-order valence-corrected chi connectivity index (χ4v) is 2.54. The normalized spacial score (nSPS) is 13.7. The van der Waals surface area contributed by atoms with E-state index in [1.165, 1.54) is 5.56 Å². The molecule has 0 radical (unpaired) electrons. The Morgan fingerprint density at radius 1 is 1.42 bits per heavy atom. The highest BCUT2D eigenvalue weighted by molar-refractivity contribution is 6.08. The maximum Gasteiger partial charge on any atom is 0.211 e. The molecular formula is C15H17N3O. The van der Waals surface area contributed by atoms with Crippen molar-refractivity contribution in [3.63, 3.8) is 0 Å². The molecule has 1 aromatic heterocycles. The molecule has 4 nitrogen and oxygen atoms in total. The van der Waals surface area contributed by atoms with Crippen molar-refractivity contribution < 1.29 is 4.79 Å². The average Bonchev–Trinajstić information content (AvgIpc) is 2.94. The third-order valence-electron chi connectivity index (χ3n) is 3.55. The maximum absolute atomic E-state index is 12.5. The fourth-order valence-electron chi connectivity index (χ4n) is 2.54. The number of carbonyl (C=O) groups is 1. The zero-order chi connectivity index (χ0) is 13.2. The first-order valence-electron chi connectivity index (χ1n) is 6.73. The van der Waals surface area contributed by atoms with Crippen molar-refractivity contribution in [1.29, 1.82) is 0 Å². The predicted octanol–water partition coefficient (Wildman–Crippen LogP) is 2.49. The van der Waals surface area contributed by atoms with Crippen LogP contribution in [-0.4, -0.2) is 22.1 Å². The van der Waals surface area contributed by atoms with Crippen LogP contribution < -0.4 is 5.32 Å². The Kier molecular flexibility index (Phi) is 3.07. The number of anilines is 1. The summed E-state index contributed by atoms with van der Waals surface area (Å²) in [7, 11) is 0. The minimum absolute atomic E-state index is 0.0488. The monoisotopic (exact) mass is 255 g/mol. The molecule has 0 amide bonds. The molecule has 98 valence electrons. The quantitative estimate of drug-likeness (QED) is 0.857. The average molecular weight is 255 g/mol. The van der Waals surface area contributed by atoms with E-state index in [1.807, 2.05) is 25.1 Å². The van der Waals surface area contributed by atoms with Crippen molar-refractivity contribution in [3.05, 3.63) is 47.3 Å². The SMILES string of the molecule is CCn1nccc1C(=O)c1ccc2c(c1)CCCN2. The van der Waals surface area contributed by atoms with Gasteiger partial charge in [0.2, 0.25) is 5.78 Å². The van der Waals surface area contributed by atoms with Crippen LogP contribution in [-0.2, 0) is 13.0 Å². The number of nitrogens with zero attached hydrogens (tertiary/aromatic N) is 2. The number of fused-ring (bicyclic) bond motifs is 1. The molecule has 2 aromatic rings. The van der Waals surface area contributed by atoms with Gasteiger partial charge in [0.25, 0.3) is 0 Å². The second kappa shape index (κ2) is 4.88. The number of aromatic nitrogens is 2. The van der Waals surface area contributed by atoms with E-state index in [1.54, 1.807) is 16.9 Å². The summed E-state index contributed by atoms with van der Waals surface area (Å²) in [4.78, 5) is 12.5. The minimum atomic E-state index is 0.0488. The van der Waals surface area contributed by atoms with Gasteiger partial charge < -0.3 is 5.32 Å². The first-order valence-corrected chi connectivity index (χ1v) is 6.73. The standard InChI is InChI=1S/C15H17N3O/c1-2-18-14(7-9-17-18)15(19)12-5-6-13-11(10-12)4-3-8-16-13/h5-7,9-10,16H,2-4,8H2,1H3. The number of rotatable bonds is 3. The highest BCUT2D eigenvalue weighted by atomic mass is 16.1. The molecular weight excluding hydrogens is 238 g/mol. The van der Waals surface area contributed by atoms with Crippen LogP contribution in [0.5, 0.6) is 0 Å². The Morgan fingerprint density at radius 2 is 2.32 bits per heavy atom. The lowest BCUT2D eigenvalue weighted by atomic mass is 9.98. The Bertz CT molecular complexity index is 616. The van der Waals surface area contributed by atoms with E-state index in [9.17, 15) is 4.79 Å². The molecule has 2 heterocycles.